The Morgan fingerprint density at radius 1 is 1.27 bits per heavy atom. The van der Waals surface area contributed by atoms with Gasteiger partial charge in [-0.05, 0) is 54.6 Å². The lowest BCUT2D eigenvalue weighted by atomic mass is 9.97. The summed E-state index contributed by atoms with van der Waals surface area (Å²) in [6.07, 6.45) is 0. The zero-order chi connectivity index (χ0) is 15.7. The van der Waals surface area contributed by atoms with E-state index in [4.69, 9.17) is 9.72 Å². The van der Waals surface area contributed by atoms with Crippen LogP contribution in [0.25, 0.3) is 21.5 Å². The molecule has 2 heterocycles. The largest absolute Gasteiger partial charge is 0.469 e. The minimum Gasteiger partial charge on any atom is -0.469 e. The molecular weight excluding hydrogens is 294 g/mol. The number of hydrogen-bond acceptors (Lipinski definition) is 4. The van der Waals surface area contributed by atoms with E-state index < -0.39 is 0 Å². The number of rotatable bonds is 3. The van der Waals surface area contributed by atoms with Crippen molar-refractivity contribution in [3.05, 3.63) is 52.9 Å². The van der Waals surface area contributed by atoms with Gasteiger partial charge in [0.25, 0.3) is 0 Å². The summed E-state index contributed by atoms with van der Waals surface area (Å²) in [6, 6.07) is 12.2. The Morgan fingerprint density at radius 2 is 2.09 bits per heavy atom. The lowest BCUT2D eigenvalue weighted by Crippen LogP contribution is -2.10. The fraction of sp³-hybridized carbons (Fsp3) is 0.222. The van der Waals surface area contributed by atoms with Crippen LogP contribution in [0.4, 0.5) is 0 Å². The number of methoxy groups -OCH3 is 1. The minimum atomic E-state index is -0.272. The van der Waals surface area contributed by atoms with E-state index >= 15 is 0 Å². The molecule has 3 nitrogen and oxygen atoms in total. The van der Waals surface area contributed by atoms with E-state index in [0.29, 0.717) is 0 Å². The molecular formula is C18H17NO2S. The third kappa shape index (κ3) is 2.62. The zero-order valence-corrected chi connectivity index (χ0v) is 13.6. The van der Waals surface area contributed by atoms with Crippen LogP contribution in [0.1, 0.15) is 24.0 Å². The normalized spacial score (nSPS) is 12.3. The van der Waals surface area contributed by atoms with Crippen molar-refractivity contribution in [2.45, 2.75) is 19.8 Å². The summed E-state index contributed by atoms with van der Waals surface area (Å²) in [5.74, 6) is -0.494. The number of pyridine rings is 1. The number of benzene rings is 1. The third-order valence-corrected chi connectivity index (χ3v) is 4.76. The molecule has 0 aliphatic heterocycles. The van der Waals surface area contributed by atoms with Crippen molar-refractivity contribution in [1.82, 2.24) is 4.98 Å². The van der Waals surface area contributed by atoms with Crippen LogP contribution < -0.4 is 0 Å². The van der Waals surface area contributed by atoms with E-state index in [0.717, 1.165) is 32.6 Å². The Labute approximate surface area is 133 Å². The van der Waals surface area contributed by atoms with Crippen molar-refractivity contribution >= 4 is 28.2 Å². The van der Waals surface area contributed by atoms with Gasteiger partial charge in [-0.1, -0.05) is 12.1 Å². The van der Waals surface area contributed by atoms with Crippen LogP contribution in [0.3, 0.4) is 0 Å². The van der Waals surface area contributed by atoms with Crippen molar-refractivity contribution in [1.29, 1.82) is 0 Å². The molecule has 0 amide bonds. The van der Waals surface area contributed by atoms with Gasteiger partial charge in [-0.2, -0.15) is 0 Å². The van der Waals surface area contributed by atoms with Gasteiger partial charge >= 0.3 is 5.97 Å². The van der Waals surface area contributed by atoms with E-state index in [1.54, 1.807) is 11.3 Å². The monoisotopic (exact) mass is 311 g/mol. The number of nitrogens with zero attached hydrogens (tertiary/aromatic N) is 1. The SMILES string of the molecule is COC(=O)C(C)c1ccc2nc(-c3cccs3)cc(C)c2c1. The lowest BCUT2D eigenvalue weighted by Gasteiger charge is -2.12. The molecule has 4 heteroatoms. The van der Waals surface area contributed by atoms with Crippen LogP contribution >= 0.6 is 11.3 Å². The van der Waals surface area contributed by atoms with Crippen LogP contribution in [0.15, 0.2) is 41.8 Å². The van der Waals surface area contributed by atoms with Gasteiger partial charge in [0.05, 0.1) is 29.1 Å². The standard InChI is InChI=1S/C18H17NO2S/c1-11-9-16(17-5-4-8-22-17)19-15-7-6-13(10-14(11)15)12(2)18(20)21-3/h4-10,12H,1-3H3. The highest BCUT2D eigenvalue weighted by molar-refractivity contribution is 7.13. The first-order valence-corrected chi connectivity index (χ1v) is 8.01. The molecule has 3 rings (SSSR count). The van der Waals surface area contributed by atoms with Crippen LogP contribution in [0.2, 0.25) is 0 Å². The van der Waals surface area contributed by atoms with Gasteiger partial charge < -0.3 is 4.74 Å². The molecule has 22 heavy (non-hydrogen) atoms. The predicted octanol–water partition coefficient (Wildman–Crippen LogP) is 4.55. The Kier molecular flexibility index (Phi) is 3.94. The molecule has 0 aliphatic carbocycles. The Morgan fingerprint density at radius 3 is 2.77 bits per heavy atom. The Hall–Kier alpha value is -2.20. The van der Waals surface area contributed by atoms with Gasteiger partial charge in [0, 0.05) is 5.39 Å². The molecule has 0 N–H and O–H groups in total. The van der Waals surface area contributed by atoms with Crippen molar-refractivity contribution < 1.29 is 9.53 Å². The molecule has 0 bridgehead atoms. The number of aryl methyl sites for hydroxylation is 1. The molecule has 0 fully saturated rings. The van der Waals surface area contributed by atoms with Gasteiger partial charge in [0.15, 0.2) is 0 Å². The average Bonchev–Trinajstić information content (AvgIpc) is 3.07. The fourth-order valence-electron chi connectivity index (χ4n) is 2.54. The molecule has 1 unspecified atom stereocenters. The summed E-state index contributed by atoms with van der Waals surface area (Å²) < 4.78 is 4.82. The average molecular weight is 311 g/mol. The van der Waals surface area contributed by atoms with Gasteiger partial charge in [-0.3, -0.25) is 4.79 Å². The van der Waals surface area contributed by atoms with Crippen molar-refractivity contribution in [2.75, 3.05) is 7.11 Å². The number of hydrogen-bond donors (Lipinski definition) is 0. The predicted molar refractivity (Wildman–Crippen MR) is 90.2 cm³/mol. The van der Waals surface area contributed by atoms with Crippen LogP contribution in [-0.4, -0.2) is 18.1 Å². The lowest BCUT2D eigenvalue weighted by molar-refractivity contribution is -0.141. The number of fused-ring (bicyclic) bond motifs is 1. The van der Waals surface area contributed by atoms with Crippen molar-refractivity contribution in [2.24, 2.45) is 0 Å². The quantitative estimate of drug-likeness (QED) is 0.666. The molecule has 1 atom stereocenters. The van der Waals surface area contributed by atoms with Crippen molar-refractivity contribution in [3.8, 4) is 10.6 Å². The van der Waals surface area contributed by atoms with Gasteiger partial charge in [0.1, 0.15) is 0 Å². The number of carbonyl (C=O) groups excluding carboxylic acids is 1. The molecule has 0 spiro atoms. The number of ether oxygens (including phenoxy) is 1. The first-order valence-electron chi connectivity index (χ1n) is 7.13. The summed E-state index contributed by atoms with van der Waals surface area (Å²) >= 11 is 1.68. The summed E-state index contributed by atoms with van der Waals surface area (Å²) in [7, 11) is 1.42. The zero-order valence-electron chi connectivity index (χ0n) is 12.8. The summed E-state index contributed by atoms with van der Waals surface area (Å²) in [6.45, 7) is 3.93. The maximum Gasteiger partial charge on any atom is 0.312 e. The first-order chi connectivity index (χ1) is 10.6. The molecule has 0 aliphatic rings. The highest BCUT2D eigenvalue weighted by Gasteiger charge is 2.16. The highest BCUT2D eigenvalue weighted by atomic mass is 32.1. The second-order valence-electron chi connectivity index (χ2n) is 5.32. The molecule has 1 aromatic carbocycles. The molecule has 0 saturated heterocycles. The molecule has 0 radical (unpaired) electrons. The van der Waals surface area contributed by atoms with Crippen LogP contribution in [-0.2, 0) is 9.53 Å². The highest BCUT2D eigenvalue weighted by Crippen LogP contribution is 2.29. The van der Waals surface area contributed by atoms with Crippen LogP contribution in [0.5, 0.6) is 0 Å². The summed E-state index contributed by atoms with van der Waals surface area (Å²) in [5.41, 5.74) is 4.05. The third-order valence-electron chi connectivity index (χ3n) is 3.87. The maximum absolute atomic E-state index is 11.7. The number of carbonyl (C=O) groups is 1. The number of aromatic nitrogens is 1. The topological polar surface area (TPSA) is 39.2 Å². The van der Waals surface area contributed by atoms with Gasteiger partial charge in [0.2, 0.25) is 0 Å². The molecule has 112 valence electrons. The smallest absolute Gasteiger partial charge is 0.312 e. The summed E-state index contributed by atoms with van der Waals surface area (Å²) in [4.78, 5) is 17.6. The van der Waals surface area contributed by atoms with E-state index in [-0.39, 0.29) is 11.9 Å². The van der Waals surface area contributed by atoms with Crippen LogP contribution in [0, 0.1) is 6.92 Å². The molecule has 0 saturated carbocycles. The van der Waals surface area contributed by atoms with E-state index in [2.05, 4.69) is 24.4 Å². The second kappa shape index (κ2) is 5.89. The fourth-order valence-corrected chi connectivity index (χ4v) is 3.23. The first kappa shape index (κ1) is 14.7. The van der Waals surface area contributed by atoms with E-state index in [1.807, 2.05) is 31.2 Å². The summed E-state index contributed by atoms with van der Waals surface area (Å²) in [5, 5.41) is 3.13. The molecule has 2 aromatic heterocycles. The number of thiophene rings is 1. The van der Waals surface area contributed by atoms with E-state index in [1.165, 1.54) is 7.11 Å². The minimum absolute atomic E-state index is 0.222. The Bertz CT molecular complexity index is 824. The van der Waals surface area contributed by atoms with Crippen molar-refractivity contribution in [3.63, 3.8) is 0 Å². The second-order valence-corrected chi connectivity index (χ2v) is 6.27. The molecule has 3 aromatic rings. The Balaban J connectivity index is 2.09. The van der Waals surface area contributed by atoms with Gasteiger partial charge in [-0.25, -0.2) is 4.98 Å². The maximum atomic E-state index is 11.7. The van der Waals surface area contributed by atoms with E-state index in [9.17, 15) is 4.79 Å². The number of esters is 1. The van der Waals surface area contributed by atoms with Gasteiger partial charge in [-0.15, -0.1) is 11.3 Å².